The maximum absolute atomic E-state index is 13.5. The smallest absolute Gasteiger partial charge is 0.243 e. The molecule has 1 saturated heterocycles. The zero-order chi connectivity index (χ0) is 13.9. The van der Waals surface area contributed by atoms with Crippen LogP contribution in [0.15, 0.2) is 29.2 Å². The summed E-state index contributed by atoms with van der Waals surface area (Å²) in [5.74, 6) is -0.00627. The molecule has 4 nitrogen and oxygen atoms in total. The highest BCUT2D eigenvalue weighted by atomic mass is 32.2. The van der Waals surface area contributed by atoms with Crippen molar-refractivity contribution in [3.63, 3.8) is 0 Å². The summed E-state index contributed by atoms with van der Waals surface area (Å²) < 4.78 is 40.1. The molecule has 0 aliphatic carbocycles. The fourth-order valence-electron chi connectivity index (χ4n) is 2.33. The van der Waals surface area contributed by atoms with Crippen molar-refractivity contribution in [2.24, 2.45) is 11.8 Å². The summed E-state index contributed by atoms with van der Waals surface area (Å²) in [5, 5.41) is 3.27. The minimum absolute atomic E-state index is 0.281. The Morgan fingerprint density at radius 1 is 1.42 bits per heavy atom. The molecule has 2 unspecified atom stereocenters. The summed E-state index contributed by atoms with van der Waals surface area (Å²) >= 11 is 0. The van der Waals surface area contributed by atoms with E-state index in [1.54, 1.807) is 0 Å². The number of halogens is 1. The fourth-order valence-corrected chi connectivity index (χ4v) is 3.50. The van der Waals surface area contributed by atoms with E-state index < -0.39 is 15.8 Å². The van der Waals surface area contributed by atoms with Gasteiger partial charge in [0.05, 0.1) is 0 Å². The molecule has 1 aliphatic heterocycles. The second-order valence-electron chi connectivity index (χ2n) is 5.01. The number of hydrogen-bond donors (Lipinski definition) is 2. The van der Waals surface area contributed by atoms with Crippen LogP contribution >= 0.6 is 0 Å². The van der Waals surface area contributed by atoms with Crippen LogP contribution in [0.3, 0.4) is 0 Å². The quantitative estimate of drug-likeness (QED) is 0.878. The maximum Gasteiger partial charge on any atom is 0.243 e. The first-order valence-corrected chi connectivity index (χ1v) is 7.94. The summed E-state index contributed by atoms with van der Waals surface area (Å²) in [4.78, 5) is -0.281. The molecule has 0 aromatic heterocycles. The third-order valence-corrected chi connectivity index (χ3v) is 5.08. The average Bonchev–Trinajstić information content (AvgIpc) is 2.38. The van der Waals surface area contributed by atoms with Crippen molar-refractivity contribution in [2.45, 2.75) is 18.2 Å². The van der Waals surface area contributed by atoms with Crippen molar-refractivity contribution in [3.05, 3.63) is 30.1 Å². The lowest BCUT2D eigenvalue weighted by Gasteiger charge is -2.29. The van der Waals surface area contributed by atoms with Gasteiger partial charge in [-0.15, -0.1) is 0 Å². The van der Waals surface area contributed by atoms with E-state index in [1.165, 1.54) is 18.2 Å². The molecule has 1 aromatic carbocycles. The van der Waals surface area contributed by atoms with Crippen molar-refractivity contribution in [1.82, 2.24) is 10.0 Å². The van der Waals surface area contributed by atoms with Crippen molar-refractivity contribution >= 4 is 10.0 Å². The van der Waals surface area contributed by atoms with Crippen molar-refractivity contribution in [2.75, 3.05) is 19.6 Å². The largest absolute Gasteiger partial charge is 0.316 e. The van der Waals surface area contributed by atoms with E-state index in [2.05, 4.69) is 17.0 Å². The van der Waals surface area contributed by atoms with E-state index in [1.807, 2.05) is 0 Å². The van der Waals surface area contributed by atoms with Crippen LogP contribution in [-0.4, -0.2) is 28.1 Å². The zero-order valence-corrected chi connectivity index (χ0v) is 11.7. The first-order chi connectivity index (χ1) is 9.00. The fraction of sp³-hybridized carbons (Fsp3) is 0.538. The molecule has 0 saturated carbocycles. The number of benzene rings is 1. The Kier molecular flexibility index (Phi) is 4.54. The summed E-state index contributed by atoms with van der Waals surface area (Å²) in [6.45, 7) is 4.25. The number of rotatable bonds is 4. The Morgan fingerprint density at radius 2 is 2.16 bits per heavy atom. The molecule has 2 atom stereocenters. The average molecular weight is 286 g/mol. The molecular formula is C13H19FN2O2S. The molecule has 2 rings (SSSR count). The molecule has 1 aromatic rings. The first-order valence-electron chi connectivity index (χ1n) is 6.45. The van der Waals surface area contributed by atoms with Gasteiger partial charge in [-0.05, 0) is 43.5 Å². The van der Waals surface area contributed by atoms with Crippen molar-refractivity contribution in [1.29, 1.82) is 0 Å². The van der Waals surface area contributed by atoms with Gasteiger partial charge >= 0.3 is 0 Å². The third kappa shape index (κ3) is 3.52. The van der Waals surface area contributed by atoms with E-state index in [0.29, 0.717) is 18.4 Å². The minimum atomic E-state index is -3.76. The Balaban J connectivity index is 2.04. The zero-order valence-electron chi connectivity index (χ0n) is 10.9. The highest BCUT2D eigenvalue weighted by molar-refractivity contribution is 7.89. The number of nitrogens with one attached hydrogen (secondary N) is 2. The van der Waals surface area contributed by atoms with Gasteiger partial charge in [-0.2, -0.15) is 0 Å². The summed E-state index contributed by atoms with van der Waals surface area (Å²) in [5.41, 5.74) is 0. The predicted molar refractivity (Wildman–Crippen MR) is 71.7 cm³/mol. The third-order valence-electron chi connectivity index (χ3n) is 3.62. The maximum atomic E-state index is 13.5. The van der Waals surface area contributed by atoms with Gasteiger partial charge in [0.15, 0.2) is 0 Å². The normalized spacial score (nSPS) is 24.3. The lowest BCUT2D eigenvalue weighted by atomic mass is 9.88. The van der Waals surface area contributed by atoms with Crippen LogP contribution in [0, 0.1) is 17.7 Å². The van der Waals surface area contributed by atoms with Gasteiger partial charge in [-0.1, -0.05) is 19.1 Å². The van der Waals surface area contributed by atoms with E-state index in [4.69, 9.17) is 0 Å². The van der Waals surface area contributed by atoms with Gasteiger partial charge in [0.1, 0.15) is 10.7 Å². The first kappa shape index (κ1) is 14.4. The molecule has 1 heterocycles. The Morgan fingerprint density at radius 3 is 2.84 bits per heavy atom. The van der Waals surface area contributed by atoms with Crippen LogP contribution in [0.2, 0.25) is 0 Å². The van der Waals surface area contributed by atoms with Gasteiger partial charge < -0.3 is 5.32 Å². The van der Waals surface area contributed by atoms with E-state index in [0.717, 1.165) is 25.6 Å². The van der Waals surface area contributed by atoms with E-state index in [9.17, 15) is 12.8 Å². The van der Waals surface area contributed by atoms with Crippen molar-refractivity contribution in [3.8, 4) is 0 Å². The highest BCUT2D eigenvalue weighted by Gasteiger charge is 2.24. The molecule has 106 valence electrons. The summed E-state index contributed by atoms with van der Waals surface area (Å²) in [6.07, 6.45) is 0.932. The molecule has 19 heavy (non-hydrogen) atoms. The standard InChI is InChI=1S/C13H19FN2O2S/c1-10-8-15-7-6-11(10)9-16-19(17,18)13-5-3-2-4-12(13)14/h2-5,10-11,15-16H,6-9H2,1H3. The minimum Gasteiger partial charge on any atom is -0.316 e. The number of piperidine rings is 1. The van der Waals surface area contributed by atoms with E-state index >= 15 is 0 Å². The number of sulfonamides is 1. The Bertz CT molecular complexity index is 533. The highest BCUT2D eigenvalue weighted by Crippen LogP contribution is 2.19. The topological polar surface area (TPSA) is 58.2 Å². The second kappa shape index (κ2) is 5.98. The predicted octanol–water partition coefficient (Wildman–Crippen LogP) is 1.35. The van der Waals surface area contributed by atoms with E-state index in [-0.39, 0.29) is 4.90 Å². The summed E-state index contributed by atoms with van der Waals surface area (Å²) in [6, 6.07) is 5.43. The molecular weight excluding hydrogens is 267 g/mol. The van der Waals surface area contributed by atoms with Gasteiger partial charge in [0, 0.05) is 6.54 Å². The van der Waals surface area contributed by atoms with Gasteiger partial charge in [0.2, 0.25) is 10.0 Å². The second-order valence-corrected chi connectivity index (χ2v) is 6.75. The van der Waals surface area contributed by atoms with Gasteiger partial charge in [0.25, 0.3) is 0 Å². The Labute approximate surface area is 113 Å². The molecule has 0 radical (unpaired) electrons. The van der Waals surface area contributed by atoms with Crippen LogP contribution < -0.4 is 10.0 Å². The molecule has 2 N–H and O–H groups in total. The molecule has 1 aliphatic rings. The SMILES string of the molecule is CC1CNCCC1CNS(=O)(=O)c1ccccc1F. The molecule has 1 fully saturated rings. The molecule has 0 amide bonds. The summed E-state index contributed by atoms with van der Waals surface area (Å²) in [7, 11) is -3.76. The molecule has 6 heteroatoms. The monoisotopic (exact) mass is 286 g/mol. The lowest BCUT2D eigenvalue weighted by molar-refractivity contribution is 0.274. The lowest BCUT2D eigenvalue weighted by Crippen LogP contribution is -2.41. The molecule has 0 bridgehead atoms. The van der Waals surface area contributed by atoms with Crippen LogP contribution in [0.4, 0.5) is 4.39 Å². The van der Waals surface area contributed by atoms with Crippen molar-refractivity contribution < 1.29 is 12.8 Å². The van der Waals surface area contributed by atoms with Crippen LogP contribution in [0.5, 0.6) is 0 Å². The van der Waals surface area contributed by atoms with Crippen LogP contribution in [-0.2, 0) is 10.0 Å². The molecule has 0 spiro atoms. The van der Waals surface area contributed by atoms with Gasteiger partial charge in [-0.25, -0.2) is 17.5 Å². The number of hydrogen-bond acceptors (Lipinski definition) is 3. The Hall–Kier alpha value is -0.980. The van der Waals surface area contributed by atoms with Crippen LogP contribution in [0.1, 0.15) is 13.3 Å². The van der Waals surface area contributed by atoms with Crippen LogP contribution in [0.25, 0.3) is 0 Å². The van der Waals surface area contributed by atoms with Gasteiger partial charge in [-0.3, -0.25) is 0 Å².